The van der Waals surface area contributed by atoms with Gasteiger partial charge in [-0.1, -0.05) is 0 Å². The van der Waals surface area contributed by atoms with Crippen LogP contribution >= 0.6 is 11.3 Å². The summed E-state index contributed by atoms with van der Waals surface area (Å²) >= 11 is 1.43. The molecule has 0 spiro atoms. The molecule has 1 aromatic heterocycles. The van der Waals surface area contributed by atoms with E-state index in [4.69, 9.17) is 4.74 Å². The van der Waals surface area contributed by atoms with Gasteiger partial charge in [0, 0.05) is 11.8 Å². The van der Waals surface area contributed by atoms with Gasteiger partial charge in [-0.25, -0.2) is 4.98 Å². The number of ether oxygens (including phenoxy) is 1. The zero-order valence-electron chi connectivity index (χ0n) is 7.97. The van der Waals surface area contributed by atoms with Crippen LogP contribution in [-0.4, -0.2) is 22.7 Å². The van der Waals surface area contributed by atoms with Crippen molar-refractivity contribution in [3.63, 3.8) is 0 Å². The molecule has 0 fully saturated rings. The fraction of sp³-hybridized carbons (Fsp3) is 0.556. The van der Waals surface area contributed by atoms with Crippen molar-refractivity contribution in [1.82, 2.24) is 4.98 Å². The topological polar surface area (TPSA) is 59.4 Å². The van der Waals surface area contributed by atoms with Crippen LogP contribution in [0.2, 0.25) is 0 Å². The summed E-state index contributed by atoms with van der Waals surface area (Å²) in [5.41, 5.74) is 2.28. The zero-order valence-corrected chi connectivity index (χ0v) is 8.79. The molecule has 0 radical (unpaired) electrons. The summed E-state index contributed by atoms with van der Waals surface area (Å²) in [6.07, 6.45) is -0.0691. The molecule has 14 heavy (non-hydrogen) atoms. The third-order valence-corrected chi connectivity index (χ3v) is 2.32. The summed E-state index contributed by atoms with van der Waals surface area (Å²) in [5, 5.41) is 11.3. The Balaban J connectivity index is 2.28. The standard InChI is InChI=1S/C9H13NO3S/c1-2-13-9(12)4-3-8(11)7-5-14-6-10-7/h5-6,8,11H,2-4H2,1H3. The highest BCUT2D eigenvalue weighted by atomic mass is 32.1. The summed E-state index contributed by atoms with van der Waals surface area (Å²) < 4.78 is 4.74. The van der Waals surface area contributed by atoms with Crippen molar-refractivity contribution in [2.75, 3.05) is 6.61 Å². The molecule has 0 saturated heterocycles. The number of rotatable bonds is 5. The van der Waals surface area contributed by atoms with E-state index in [1.54, 1.807) is 17.8 Å². The largest absolute Gasteiger partial charge is 0.466 e. The zero-order chi connectivity index (χ0) is 10.4. The average molecular weight is 215 g/mol. The van der Waals surface area contributed by atoms with Gasteiger partial charge in [0.25, 0.3) is 0 Å². The molecule has 0 aromatic carbocycles. The molecule has 0 aliphatic heterocycles. The van der Waals surface area contributed by atoms with Crippen molar-refractivity contribution in [3.05, 3.63) is 16.6 Å². The molecule has 0 saturated carbocycles. The Labute approximate surface area is 86.6 Å². The first-order valence-electron chi connectivity index (χ1n) is 4.45. The minimum atomic E-state index is -0.661. The maximum absolute atomic E-state index is 11.0. The lowest BCUT2D eigenvalue weighted by atomic mass is 10.1. The predicted molar refractivity (Wildman–Crippen MR) is 52.9 cm³/mol. The van der Waals surface area contributed by atoms with Crippen molar-refractivity contribution in [2.45, 2.75) is 25.9 Å². The number of thiazole rings is 1. The molecular formula is C9H13NO3S. The number of carbonyl (C=O) groups excluding carboxylic acids is 1. The number of aromatic nitrogens is 1. The quantitative estimate of drug-likeness (QED) is 0.756. The van der Waals surface area contributed by atoms with E-state index in [-0.39, 0.29) is 12.4 Å². The average Bonchev–Trinajstić information content (AvgIpc) is 2.67. The maximum Gasteiger partial charge on any atom is 0.305 e. The Hall–Kier alpha value is -0.940. The minimum absolute atomic E-state index is 0.229. The summed E-state index contributed by atoms with van der Waals surface area (Å²) in [4.78, 5) is 14.9. The van der Waals surface area contributed by atoms with E-state index < -0.39 is 6.10 Å². The number of nitrogens with zero attached hydrogens (tertiary/aromatic N) is 1. The molecule has 1 heterocycles. The van der Waals surface area contributed by atoms with E-state index in [0.29, 0.717) is 18.7 Å². The first kappa shape index (κ1) is 11.1. The van der Waals surface area contributed by atoms with Crippen LogP contribution in [0, 0.1) is 0 Å². The molecule has 1 aromatic rings. The minimum Gasteiger partial charge on any atom is -0.466 e. The first-order valence-corrected chi connectivity index (χ1v) is 5.40. The molecule has 0 aliphatic rings. The first-order chi connectivity index (χ1) is 6.74. The molecular weight excluding hydrogens is 202 g/mol. The molecule has 4 nitrogen and oxygen atoms in total. The second-order valence-corrected chi connectivity index (χ2v) is 3.49. The van der Waals surface area contributed by atoms with Crippen molar-refractivity contribution < 1.29 is 14.6 Å². The van der Waals surface area contributed by atoms with E-state index in [0.717, 1.165) is 0 Å². The van der Waals surface area contributed by atoms with Gasteiger partial charge in [0.05, 0.1) is 23.9 Å². The van der Waals surface area contributed by atoms with Gasteiger partial charge in [-0.2, -0.15) is 0 Å². The SMILES string of the molecule is CCOC(=O)CCC(O)c1cscn1. The van der Waals surface area contributed by atoms with Crippen molar-refractivity contribution in [2.24, 2.45) is 0 Å². The molecule has 0 bridgehead atoms. The van der Waals surface area contributed by atoms with Crippen LogP contribution in [0.1, 0.15) is 31.6 Å². The highest BCUT2D eigenvalue weighted by Gasteiger charge is 2.12. The van der Waals surface area contributed by atoms with Crippen molar-refractivity contribution in [3.8, 4) is 0 Å². The fourth-order valence-corrected chi connectivity index (χ4v) is 1.62. The molecule has 0 aliphatic carbocycles. The second kappa shape index (κ2) is 5.72. The van der Waals surface area contributed by atoms with E-state index in [9.17, 15) is 9.90 Å². The van der Waals surface area contributed by atoms with Gasteiger partial charge in [0.2, 0.25) is 0 Å². The summed E-state index contributed by atoms with van der Waals surface area (Å²) in [6.45, 7) is 2.14. The lowest BCUT2D eigenvalue weighted by Gasteiger charge is -2.06. The molecule has 78 valence electrons. The van der Waals surface area contributed by atoms with Crippen LogP contribution in [0.25, 0.3) is 0 Å². The molecule has 1 N–H and O–H groups in total. The van der Waals surface area contributed by atoms with Gasteiger partial charge in [0.1, 0.15) is 0 Å². The lowest BCUT2D eigenvalue weighted by Crippen LogP contribution is -2.07. The Morgan fingerprint density at radius 2 is 2.57 bits per heavy atom. The van der Waals surface area contributed by atoms with Gasteiger partial charge in [-0.3, -0.25) is 4.79 Å². The predicted octanol–water partition coefficient (Wildman–Crippen LogP) is 1.52. The Kier molecular flexibility index (Phi) is 4.55. The smallest absolute Gasteiger partial charge is 0.305 e. The Morgan fingerprint density at radius 3 is 3.14 bits per heavy atom. The molecule has 1 rings (SSSR count). The van der Waals surface area contributed by atoms with Crippen LogP contribution in [0.4, 0.5) is 0 Å². The van der Waals surface area contributed by atoms with Crippen LogP contribution < -0.4 is 0 Å². The van der Waals surface area contributed by atoms with Gasteiger partial charge in [-0.15, -0.1) is 11.3 Å². The van der Waals surface area contributed by atoms with E-state index in [1.165, 1.54) is 11.3 Å². The van der Waals surface area contributed by atoms with Gasteiger partial charge in [0.15, 0.2) is 0 Å². The molecule has 1 atom stereocenters. The number of hydrogen-bond donors (Lipinski definition) is 1. The highest BCUT2D eigenvalue weighted by molar-refractivity contribution is 7.07. The van der Waals surface area contributed by atoms with Crippen LogP contribution in [0.5, 0.6) is 0 Å². The fourth-order valence-electron chi connectivity index (χ4n) is 1.02. The molecule has 5 heteroatoms. The second-order valence-electron chi connectivity index (χ2n) is 2.77. The van der Waals surface area contributed by atoms with Gasteiger partial charge < -0.3 is 9.84 Å². The maximum atomic E-state index is 11.0. The lowest BCUT2D eigenvalue weighted by molar-refractivity contribution is -0.143. The Bertz CT molecular complexity index is 274. The summed E-state index contributed by atoms with van der Waals surface area (Å²) in [6, 6.07) is 0. The Morgan fingerprint density at radius 1 is 1.79 bits per heavy atom. The number of carbonyl (C=O) groups is 1. The van der Waals surface area contributed by atoms with Crippen LogP contribution in [0.15, 0.2) is 10.9 Å². The number of hydrogen-bond acceptors (Lipinski definition) is 5. The summed E-state index contributed by atoms with van der Waals surface area (Å²) in [5.74, 6) is -0.276. The van der Waals surface area contributed by atoms with E-state index in [2.05, 4.69) is 4.98 Å². The normalized spacial score (nSPS) is 12.4. The molecule has 0 amide bonds. The number of esters is 1. The third-order valence-electron chi connectivity index (χ3n) is 1.72. The van der Waals surface area contributed by atoms with Gasteiger partial charge >= 0.3 is 5.97 Å². The number of aliphatic hydroxyl groups excluding tert-OH is 1. The molecule has 1 unspecified atom stereocenters. The van der Waals surface area contributed by atoms with E-state index >= 15 is 0 Å². The number of aliphatic hydroxyl groups is 1. The van der Waals surface area contributed by atoms with Crippen molar-refractivity contribution in [1.29, 1.82) is 0 Å². The van der Waals surface area contributed by atoms with Crippen LogP contribution in [0.3, 0.4) is 0 Å². The van der Waals surface area contributed by atoms with Gasteiger partial charge in [-0.05, 0) is 13.3 Å². The van der Waals surface area contributed by atoms with E-state index in [1.807, 2.05) is 0 Å². The van der Waals surface area contributed by atoms with Crippen LogP contribution in [-0.2, 0) is 9.53 Å². The van der Waals surface area contributed by atoms with Crippen molar-refractivity contribution >= 4 is 17.3 Å². The monoisotopic (exact) mass is 215 g/mol. The highest BCUT2D eigenvalue weighted by Crippen LogP contribution is 2.17. The summed E-state index contributed by atoms with van der Waals surface area (Å²) in [7, 11) is 0. The third kappa shape index (κ3) is 3.43.